The molecular weight excluding hydrogens is 268 g/mol. The van der Waals surface area contributed by atoms with Crippen LogP contribution in [-0.2, 0) is 0 Å². The number of nitrogen functional groups attached to an aromatic ring is 1. The lowest BCUT2D eigenvalue weighted by atomic mass is 10.1. The Morgan fingerprint density at radius 2 is 2.05 bits per heavy atom. The molecule has 5 heteroatoms. The highest BCUT2D eigenvalue weighted by molar-refractivity contribution is 7.99. The molecule has 2 heterocycles. The second-order valence-electron chi connectivity index (χ2n) is 4.93. The number of para-hydroxylation sites is 1. The minimum absolute atomic E-state index is 0.398. The molecule has 0 aliphatic carbocycles. The first-order chi connectivity index (χ1) is 9.65. The third-order valence-electron chi connectivity index (χ3n) is 3.09. The van der Waals surface area contributed by atoms with E-state index in [1.807, 2.05) is 35.0 Å². The Morgan fingerprint density at radius 3 is 2.80 bits per heavy atom. The number of hydrogen-bond acceptors (Lipinski definition) is 4. The van der Waals surface area contributed by atoms with Gasteiger partial charge < -0.3 is 5.73 Å². The quantitative estimate of drug-likeness (QED) is 0.747. The molecule has 0 spiro atoms. The maximum absolute atomic E-state index is 5.99. The summed E-state index contributed by atoms with van der Waals surface area (Å²) in [5.74, 6) is 0.398. The number of benzene rings is 1. The number of hydrogen-bond donors (Lipinski definition) is 1. The maximum Gasteiger partial charge on any atom is 0.127 e. The van der Waals surface area contributed by atoms with E-state index in [-0.39, 0.29) is 0 Å². The molecule has 2 N–H and O–H groups in total. The third-order valence-corrected chi connectivity index (χ3v) is 4.19. The van der Waals surface area contributed by atoms with Crippen LogP contribution in [0.1, 0.15) is 25.5 Å². The molecule has 0 amide bonds. The standard InChI is InChI=1S/C15H16N4S/c1-10(2)12-9-13-15(17-7-8-19(13)18-12)20-14-6-4-3-5-11(14)16/h3-10H,16H2,1-2H3. The zero-order valence-electron chi connectivity index (χ0n) is 11.4. The predicted molar refractivity (Wildman–Crippen MR) is 82.1 cm³/mol. The second-order valence-corrected chi connectivity index (χ2v) is 5.96. The number of fused-ring (bicyclic) bond motifs is 1. The highest BCUT2D eigenvalue weighted by Crippen LogP contribution is 2.33. The van der Waals surface area contributed by atoms with Gasteiger partial charge in [-0.25, -0.2) is 9.50 Å². The first-order valence-electron chi connectivity index (χ1n) is 6.52. The van der Waals surface area contributed by atoms with Gasteiger partial charge in [0.05, 0.1) is 11.2 Å². The lowest BCUT2D eigenvalue weighted by molar-refractivity contribution is 0.784. The van der Waals surface area contributed by atoms with Crippen molar-refractivity contribution >= 4 is 23.0 Å². The summed E-state index contributed by atoms with van der Waals surface area (Å²) >= 11 is 1.57. The van der Waals surface area contributed by atoms with Crippen LogP contribution in [0.3, 0.4) is 0 Å². The summed E-state index contributed by atoms with van der Waals surface area (Å²) in [4.78, 5) is 5.48. The maximum atomic E-state index is 5.99. The van der Waals surface area contributed by atoms with E-state index in [4.69, 9.17) is 5.73 Å². The molecule has 0 fully saturated rings. The fourth-order valence-corrected chi connectivity index (χ4v) is 2.87. The van der Waals surface area contributed by atoms with Gasteiger partial charge >= 0.3 is 0 Å². The molecule has 3 aromatic rings. The molecule has 0 radical (unpaired) electrons. The third kappa shape index (κ3) is 2.36. The zero-order valence-corrected chi connectivity index (χ0v) is 12.3. The normalized spacial score (nSPS) is 11.3. The van der Waals surface area contributed by atoms with Crippen LogP contribution >= 0.6 is 11.8 Å². The number of aromatic nitrogens is 3. The van der Waals surface area contributed by atoms with Crippen LogP contribution in [0.5, 0.6) is 0 Å². The van der Waals surface area contributed by atoms with Crippen LogP contribution in [0.15, 0.2) is 52.6 Å². The summed E-state index contributed by atoms with van der Waals surface area (Å²) in [6.45, 7) is 4.27. The van der Waals surface area contributed by atoms with Crippen LogP contribution in [0.4, 0.5) is 5.69 Å². The molecule has 0 aliphatic heterocycles. The highest BCUT2D eigenvalue weighted by atomic mass is 32.2. The van der Waals surface area contributed by atoms with E-state index in [0.717, 1.165) is 26.8 Å². The number of anilines is 1. The number of nitrogens with two attached hydrogens (primary N) is 1. The van der Waals surface area contributed by atoms with Gasteiger partial charge in [-0.15, -0.1) is 0 Å². The van der Waals surface area contributed by atoms with Crippen LogP contribution in [0, 0.1) is 0 Å². The Kier molecular flexibility index (Phi) is 3.36. The average molecular weight is 284 g/mol. The van der Waals surface area contributed by atoms with E-state index < -0.39 is 0 Å². The monoisotopic (exact) mass is 284 g/mol. The zero-order chi connectivity index (χ0) is 14.1. The molecule has 0 bridgehead atoms. The molecule has 1 aromatic carbocycles. The van der Waals surface area contributed by atoms with Gasteiger partial charge in [0.2, 0.25) is 0 Å². The molecule has 4 nitrogen and oxygen atoms in total. The molecule has 0 atom stereocenters. The molecule has 0 aliphatic rings. The Labute approximate surface area is 122 Å². The molecule has 0 unspecified atom stereocenters. The summed E-state index contributed by atoms with van der Waals surface area (Å²) in [6, 6.07) is 9.92. The van der Waals surface area contributed by atoms with Gasteiger partial charge in [0.15, 0.2) is 0 Å². The summed E-state index contributed by atoms with van der Waals surface area (Å²) in [6.07, 6.45) is 3.64. The Bertz CT molecular complexity index is 748. The summed E-state index contributed by atoms with van der Waals surface area (Å²) in [5.41, 5.74) is 8.85. The van der Waals surface area contributed by atoms with Crippen LogP contribution < -0.4 is 5.73 Å². The van der Waals surface area contributed by atoms with Gasteiger partial charge in [0, 0.05) is 23.0 Å². The van der Waals surface area contributed by atoms with Crippen LogP contribution in [-0.4, -0.2) is 14.6 Å². The molecule has 102 valence electrons. The lowest BCUT2D eigenvalue weighted by Gasteiger charge is -2.05. The second kappa shape index (κ2) is 5.17. The predicted octanol–water partition coefficient (Wildman–Crippen LogP) is 3.59. The van der Waals surface area contributed by atoms with Crippen molar-refractivity contribution in [1.82, 2.24) is 14.6 Å². The smallest absolute Gasteiger partial charge is 0.127 e. The van der Waals surface area contributed by atoms with Gasteiger partial charge in [0.25, 0.3) is 0 Å². The van der Waals surface area contributed by atoms with Crippen molar-refractivity contribution in [2.24, 2.45) is 0 Å². The molecule has 3 rings (SSSR count). The van der Waals surface area contributed by atoms with Gasteiger partial charge in [-0.1, -0.05) is 37.7 Å². The molecule has 2 aromatic heterocycles. The summed E-state index contributed by atoms with van der Waals surface area (Å²) < 4.78 is 1.88. The van der Waals surface area contributed by atoms with Crippen molar-refractivity contribution in [3.05, 3.63) is 48.4 Å². The Balaban J connectivity index is 2.05. The van der Waals surface area contributed by atoms with E-state index in [1.54, 1.807) is 18.0 Å². The molecule has 0 saturated carbocycles. The van der Waals surface area contributed by atoms with Crippen molar-refractivity contribution in [1.29, 1.82) is 0 Å². The lowest BCUT2D eigenvalue weighted by Crippen LogP contribution is -1.93. The van der Waals surface area contributed by atoms with Crippen LogP contribution in [0.2, 0.25) is 0 Å². The minimum Gasteiger partial charge on any atom is -0.398 e. The van der Waals surface area contributed by atoms with Crippen molar-refractivity contribution in [3.63, 3.8) is 0 Å². The van der Waals surface area contributed by atoms with E-state index in [2.05, 4.69) is 30.0 Å². The van der Waals surface area contributed by atoms with Gasteiger partial charge in [0.1, 0.15) is 5.03 Å². The van der Waals surface area contributed by atoms with Gasteiger partial charge in [-0.05, 0) is 24.1 Å². The Morgan fingerprint density at radius 1 is 1.25 bits per heavy atom. The van der Waals surface area contributed by atoms with Crippen LogP contribution in [0.25, 0.3) is 5.52 Å². The van der Waals surface area contributed by atoms with Crippen molar-refractivity contribution in [2.45, 2.75) is 29.7 Å². The minimum atomic E-state index is 0.398. The molecule has 20 heavy (non-hydrogen) atoms. The average Bonchev–Trinajstić information content (AvgIpc) is 2.86. The van der Waals surface area contributed by atoms with Gasteiger partial charge in [-0.2, -0.15) is 5.10 Å². The topological polar surface area (TPSA) is 56.2 Å². The highest BCUT2D eigenvalue weighted by Gasteiger charge is 2.11. The molecular formula is C15H16N4S. The van der Waals surface area contributed by atoms with Gasteiger partial charge in [-0.3, -0.25) is 0 Å². The summed E-state index contributed by atoms with van der Waals surface area (Å²) in [5, 5.41) is 5.49. The fourth-order valence-electron chi connectivity index (χ4n) is 1.96. The van der Waals surface area contributed by atoms with Crippen molar-refractivity contribution in [3.8, 4) is 0 Å². The summed E-state index contributed by atoms with van der Waals surface area (Å²) in [7, 11) is 0. The van der Waals surface area contributed by atoms with Crippen molar-refractivity contribution < 1.29 is 0 Å². The Hall–Kier alpha value is -2.01. The first-order valence-corrected chi connectivity index (χ1v) is 7.33. The SMILES string of the molecule is CC(C)c1cc2c(Sc3ccccc3N)nccn2n1. The number of nitrogens with zero attached hydrogens (tertiary/aromatic N) is 3. The van der Waals surface area contributed by atoms with E-state index in [0.29, 0.717) is 5.92 Å². The number of rotatable bonds is 3. The largest absolute Gasteiger partial charge is 0.398 e. The van der Waals surface area contributed by atoms with Crippen molar-refractivity contribution in [2.75, 3.05) is 5.73 Å². The van der Waals surface area contributed by atoms with E-state index in [1.165, 1.54) is 0 Å². The molecule has 0 saturated heterocycles. The first kappa shape index (κ1) is 13.0. The van der Waals surface area contributed by atoms with E-state index >= 15 is 0 Å². The fraction of sp³-hybridized carbons (Fsp3) is 0.200. The van der Waals surface area contributed by atoms with E-state index in [9.17, 15) is 0 Å².